The highest BCUT2D eigenvalue weighted by Gasteiger charge is 2.20. The van der Waals surface area contributed by atoms with Crippen molar-refractivity contribution in [1.82, 2.24) is 5.32 Å². The Morgan fingerprint density at radius 1 is 1.27 bits per heavy atom. The van der Waals surface area contributed by atoms with Gasteiger partial charge in [0.2, 0.25) is 0 Å². The molecule has 6 nitrogen and oxygen atoms in total. The predicted molar refractivity (Wildman–Crippen MR) is 85.4 cm³/mol. The Labute approximate surface area is 131 Å². The van der Waals surface area contributed by atoms with Gasteiger partial charge in [0.05, 0.1) is 4.90 Å². The average molecular weight is 329 g/mol. The normalized spacial score (nSPS) is 16.6. The molecule has 0 spiro atoms. The Morgan fingerprint density at radius 2 is 1.77 bits per heavy atom. The van der Waals surface area contributed by atoms with Gasteiger partial charge in [-0.2, -0.15) is 8.42 Å². The zero-order valence-corrected chi connectivity index (χ0v) is 13.6. The number of rotatable bonds is 2. The third-order valence-electron chi connectivity index (χ3n) is 2.40. The number of hydrogen-bond acceptors (Lipinski definition) is 4. The number of nitrogens with one attached hydrogen (secondary N) is 1. The van der Waals surface area contributed by atoms with E-state index in [-0.39, 0.29) is 10.9 Å². The predicted octanol–water partition coefficient (Wildman–Crippen LogP) is 2.34. The minimum atomic E-state index is -4.00. The highest BCUT2D eigenvalue weighted by molar-refractivity contribution is 7.85. The molecule has 1 aliphatic rings. The number of hydrogen-bond donors (Lipinski definition) is 3. The average Bonchev–Trinajstić information content (AvgIpc) is 2.93. The van der Waals surface area contributed by atoms with Crippen LogP contribution in [0.25, 0.3) is 0 Å². The SMILES string of the molecule is C=C(C)C.O=C(O)C1CCCN1.O=S(=O)(O)c1ccccc1. The Balaban J connectivity index is 0.000000330. The van der Waals surface area contributed by atoms with Gasteiger partial charge in [0, 0.05) is 0 Å². The van der Waals surface area contributed by atoms with E-state index in [0.29, 0.717) is 0 Å². The summed E-state index contributed by atoms with van der Waals surface area (Å²) in [5.41, 5.74) is 1.17. The van der Waals surface area contributed by atoms with Crippen LogP contribution in [0, 0.1) is 0 Å². The summed E-state index contributed by atoms with van der Waals surface area (Å²) in [6, 6.07) is 7.15. The molecule has 0 bridgehead atoms. The minimum Gasteiger partial charge on any atom is -0.480 e. The molecule has 7 heteroatoms. The Morgan fingerprint density at radius 3 is 2.00 bits per heavy atom. The lowest BCUT2D eigenvalue weighted by Gasteiger charge is -1.99. The van der Waals surface area contributed by atoms with Crippen molar-refractivity contribution in [3.8, 4) is 0 Å². The van der Waals surface area contributed by atoms with E-state index in [2.05, 4.69) is 11.9 Å². The molecular formula is C15H23NO5S. The smallest absolute Gasteiger partial charge is 0.320 e. The first kappa shape index (κ1) is 20.3. The standard InChI is InChI=1S/C6H6O3S.C5H9NO2.C4H8/c7-10(8,9)6-4-2-1-3-5-6;7-5(8)4-2-1-3-6-4;1-4(2)3/h1-5H,(H,7,8,9);4,6H,1-3H2,(H,7,8);1H2,2-3H3. The molecule has 0 amide bonds. The number of carbonyl (C=O) groups is 1. The second kappa shape index (κ2) is 10.1. The van der Waals surface area contributed by atoms with E-state index in [1.165, 1.54) is 17.7 Å². The van der Waals surface area contributed by atoms with E-state index in [1.807, 2.05) is 13.8 Å². The van der Waals surface area contributed by atoms with E-state index in [9.17, 15) is 13.2 Å². The summed E-state index contributed by atoms with van der Waals surface area (Å²) in [5, 5.41) is 11.2. The van der Waals surface area contributed by atoms with E-state index in [4.69, 9.17) is 9.66 Å². The molecule has 1 saturated heterocycles. The maximum absolute atomic E-state index is 10.4. The molecule has 1 aliphatic heterocycles. The molecule has 0 radical (unpaired) electrons. The van der Waals surface area contributed by atoms with Crippen LogP contribution in [-0.2, 0) is 14.9 Å². The molecule has 1 aromatic carbocycles. The van der Waals surface area contributed by atoms with Gasteiger partial charge < -0.3 is 10.4 Å². The number of carboxylic acids is 1. The maximum Gasteiger partial charge on any atom is 0.320 e. The van der Waals surface area contributed by atoms with Crippen LogP contribution < -0.4 is 5.32 Å². The summed E-state index contributed by atoms with van der Waals surface area (Å²) >= 11 is 0. The van der Waals surface area contributed by atoms with Gasteiger partial charge >= 0.3 is 5.97 Å². The van der Waals surface area contributed by atoms with Crippen molar-refractivity contribution in [2.75, 3.05) is 6.54 Å². The van der Waals surface area contributed by atoms with Gasteiger partial charge in [-0.25, -0.2) is 0 Å². The molecule has 1 heterocycles. The van der Waals surface area contributed by atoms with Crippen LogP contribution in [-0.4, -0.2) is 36.6 Å². The highest BCUT2D eigenvalue weighted by atomic mass is 32.2. The second-order valence-corrected chi connectivity index (χ2v) is 6.40. The largest absolute Gasteiger partial charge is 0.480 e. The fourth-order valence-corrected chi connectivity index (χ4v) is 1.99. The number of aliphatic carboxylic acids is 1. The van der Waals surface area contributed by atoms with Gasteiger partial charge in [-0.05, 0) is 45.4 Å². The summed E-state index contributed by atoms with van der Waals surface area (Å²) in [5.74, 6) is -0.720. The van der Waals surface area contributed by atoms with Gasteiger partial charge in [0.1, 0.15) is 6.04 Å². The summed E-state index contributed by atoms with van der Waals surface area (Å²) in [7, 11) is -4.00. The third kappa shape index (κ3) is 10.1. The van der Waals surface area contributed by atoms with Gasteiger partial charge in [0.25, 0.3) is 10.1 Å². The molecule has 22 heavy (non-hydrogen) atoms. The van der Waals surface area contributed by atoms with Crippen molar-refractivity contribution in [3.05, 3.63) is 42.5 Å². The maximum atomic E-state index is 10.4. The molecule has 1 aromatic rings. The van der Waals surface area contributed by atoms with Crippen LogP contribution in [0.3, 0.4) is 0 Å². The molecule has 1 fully saturated rings. The fraction of sp³-hybridized carbons (Fsp3) is 0.400. The molecule has 3 N–H and O–H groups in total. The van der Waals surface area contributed by atoms with Crippen LogP contribution >= 0.6 is 0 Å². The molecule has 1 unspecified atom stereocenters. The first-order valence-electron chi connectivity index (χ1n) is 6.75. The highest BCUT2D eigenvalue weighted by Crippen LogP contribution is 2.05. The molecule has 1 atom stereocenters. The van der Waals surface area contributed by atoms with E-state index in [1.54, 1.807) is 18.2 Å². The molecule has 124 valence electrons. The summed E-state index contributed by atoms with van der Waals surface area (Å²) < 4.78 is 29.2. The van der Waals surface area contributed by atoms with Crippen molar-refractivity contribution in [2.45, 2.75) is 37.6 Å². The summed E-state index contributed by atoms with van der Waals surface area (Å²) in [4.78, 5) is 10.1. The van der Waals surface area contributed by atoms with Crippen LogP contribution in [0.5, 0.6) is 0 Å². The van der Waals surface area contributed by atoms with Crippen molar-refractivity contribution in [2.24, 2.45) is 0 Å². The number of allylic oxidation sites excluding steroid dienone is 1. The minimum absolute atomic E-state index is 0.0741. The van der Waals surface area contributed by atoms with E-state index >= 15 is 0 Å². The Hall–Kier alpha value is -1.70. The van der Waals surface area contributed by atoms with Crippen LogP contribution in [0.1, 0.15) is 26.7 Å². The Bertz CT molecular complexity index is 559. The number of carboxylic acid groups (broad SMARTS) is 1. The first-order chi connectivity index (χ1) is 10.1. The van der Waals surface area contributed by atoms with E-state index < -0.39 is 16.1 Å². The lowest BCUT2D eigenvalue weighted by molar-refractivity contribution is -0.139. The molecule has 0 saturated carbocycles. The molecule has 0 aromatic heterocycles. The van der Waals surface area contributed by atoms with Crippen molar-refractivity contribution in [1.29, 1.82) is 0 Å². The second-order valence-electron chi connectivity index (χ2n) is 4.98. The van der Waals surface area contributed by atoms with E-state index in [0.717, 1.165) is 19.4 Å². The lowest BCUT2D eigenvalue weighted by Crippen LogP contribution is -2.29. The van der Waals surface area contributed by atoms with Gasteiger partial charge in [-0.1, -0.05) is 23.8 Å². The topological polar surface area (TPSA) is 104 Å². The first-order valence-corrected chi connectivity index (χ1v) is 8.19. The van der Waals surface area contributed by atoms with Crippen LogP contribution in [0.4, 0.5) is 0 Å². The quantitative estimate of drug-likeness (QED) is 0.568. The van der Waals surface area contributed by atoms with Gasteiger partial charge in [-0.15, -0.1) is 6.58 Å². The zero-order chi connectivity index (χ0) is 17.2. The summed E-state index contributed by atoms with van der Waals surface area (Å²) in [6.45, 7) is 8.36. The van der Waals surface area contributed by atoms with Crippen molar-refractivity contribution >= 4 is 16.1 Å². The lowest BCUT2D eigenvalue weighted by atomic mass is 10.2. The van der Waals surface area contributed by atoms with Gasteiger partial charge in [-0.3, -0.25) is 9.35 Å². The van der Waals surface area contributed by atoms with Crippen molar-refractivity contribution < 1.29 is 22.9 Å². The van der Waals surface area contributed by atoms with Crippen molar-refractivity contribution in [3.63, 3.8) is 0 Å². The Kier molecular flexibility index (Phi) is 9.32. The van der Waals surface area contributed by atoms with Crippen LogP contribution in [0.2, 0.25) is 0 Å². The third-order valence-corrected chi connectivity index (χ3v) is 3.27. The zero-order valence-electron chi connectivity index (χ0n) is 12.8. The molecule has 0 aliphatic carbocycles. The summed E-state index contributed by atoms with van der Waals surface area (Å²) in [6.07, 6.45) is 1.78. The fourth-order valence-electron chi connectivity index (χ4n) is 1.49. The molecular weight excluding hydrogens is 306 g/mol. The number of benzene rings is 1. The monoisotopic (exact) mass is 329 g/mol. The van der Waals surface area contributed by atoms with Gasteiger partial charge in [0.15, 0.2) is 0 Å². The molecule has 2 rings (SSSR count). The van der Waals surface area contributed by atoms with Crippen LogP contribution in [0.15, 0.2) is 47.4 Å².